The van der Waals surface area contributed by atoms with E-state index in [1.54, 1.807) is 12.1 Å². The molecule has 3 rings (SSSR count). The smallest absolute Gasteiger partial charge is 0.342 e. The zero-order valence-corrected chi connectivity index (χ0v) is 14.4. The minimum atomic E-state index is -0.577. The maximum atomic E-state index is 12.6. The third-order valence-electron chi connectivity index (χ3n) is 4.08. The second-order valence-corrected chi connectivity index (χ2v) is 5.87. The molecule has 2 aromatic carbocycles. The van der Waals surface area contributed by atoms with Crippen molar-refractivity contribution in [2.24, 2.45) is 0 Å². The lowest BCUT2D eigenvalue weighted by Gasteiger charge is -2.09. The number of Topliss-reactive ketones (excluding diaryl/α,β-unsaturated/α-hetero) is 1. The number of rotatable bonds is 5. The normalized spacial score (nSPS) is 10.7. The Morgan fingerprint density at radius 3 is 2.60 bits per heavy atom. The Morgan fingerprint density at radius 2 is 1.84 bits per heavy atom. The molecule has 5 nitrogen and oxygen atoms in total. The van der Waals surface area contributed by atoms with Gasteiger partial charge < -0.3 is 14.5 Å². The van der Waals surface area contributed by atoms with Crippen LogP contribution in [-0.4, -0.2) is 30.5 Å². The number of aryl methyl sites for hydroxylation is 2. The fourth-order valence-corrected chi connectivity index (χ4v) is 2.90. The fourth-order valence-electron chi connectivity index (χ4n) is 2.90. The van der Waals surface area contributed by atoms with Gasteiger partial charge in [0.05, 0.1) is 7.11 Å². The fraction of sp³-hybridized carbons (Fsp3) is 0.200. The lowest BCUT2D eigenvalue weighted by Crippen LogP contribution is -2.15. The van der Waals surface area contributed by atoms with Gasteiger partial charge in [-0.2, -0.15) is 0 Å². The number of ketones is 1. The van der Waals surface area contributed by atoms with Crippen molar-refractivity contribution in [3.63, 3.8) is 0 Å². The third-order valence-corrected chi connectivity index (χ3v) is 4.08. The molecule has 0 spiro atoms. The standard InChI is InChI=1S/C20H19NO4/c1-12-8-9-18(24-3)15(10-12)20(23)25-11-17(22)19-13(2)21-16-7-5-4-6-14(16)19/h4-10,21H,11H2,1-3H3. The average molecular weight is 337 g/mol. The molecule has 0 unspecified atom stereocenters. The van der Waals surface area contributed by atoms with Crippen LogP contribution in [0.15, 0.2) is 42.5 Å². The molecule has 0 bridgehead atoms. The van der Waals surface area contributed by atoms with Crippen LogP contribution >= 0.6 is 0 Å². The van der Waals surface area contributed by atoms with Gasteiger partial charge in [-0.3, -0.25) is 4.79 Å². The van der Waals surface area contributed by atoms with E-state index < -0.39 is 5.97 Å². The molecule has 5 heteroatoms. The molecule has 0 fully saturated rings. The number of H-pyrrole nitrogens is 1. The van der Waals surface area contributed by atoms with Gasteiger partial charge in [-0.1, -0.05) is 29.8 Å². The number of hydrogen-bond donors (Lipinski definition) is 1. The summed E-state index contributed by atoms with van der Waals surface area (Å²) in [7, 11) is 1.49. The van der Waals surface area contributed by atoms with Crippen molar-refractivity contribution in [2.45, 2.75) is 13.8 Å². The first kappa shape index (κ1) is 16.8. The number of hydrogen-bond acceptors (Lipinski definition) is 4. The highest BCUT2D eigenvalue weighted by atomic mass is 16.5. The number of ether oxygens (including phenoxy) is 2. The predicted octanol–water partition coefficient (Wildman–Crippen LogP) is 3.83. The average Bonchev–Trinajstić information content (AvgIpc) is 2.95. The zero-order valence-electron chi connectivity index (χ0n) is 14.4. The second kappa shape index (κ2) is 6.81. The lowest BCUT2D eigenvalue weighted by molar-refractivity contribution is 0.0471. The Bertz CT molecular complexity index is 955. The van der Waals surface area contributed by atoms with Crippen LogP contribution < -0.4 is 4.74 Å². The number of carbonyl (C=O) groups excluding carboxylic acids is 2. The van der Waals surface area contributed by atoms with Gasteiger partial charge in [0.15, 0.2) is 6.61 Å². The summed E-state index contributed by atoms with van der Waals surface area (Å²) in [5, 5.41) is 0.828. The van der Waals surface area contributed by atoms with Crippen molar-refractivity contribution >= 4 is 22.7 Å². The summed E-state index contributed by atoms with van der Waals surface area (Å²) in [4.78, 5) is 28.1. The zero-order chi connectivity index (χ0) is 18.0. The molecule has 0 amide bonds. The Kier molecular flexibility index (Phi) is 4.57. The number of methoxy groups -OCH3 is 1. The van der Waals surface area contributed by atoms with Crippen LogP contribution in [0.5, 0.6) is 5.75 Å². The lowest BCUT2D eigenvalue weighted by atomic mass is 10.1. The van der Waals surface area contributed by atoms with Crippen LogP contribution in [0.1, 0.15) is 32.0 Å². The number of para-hydroxylation sites is 1. The number of fused-ring (bicyclic) bond motifs is 1. The van der Waals surface area contributed by atoms with Gasteiger partial charge in [-0.15, -0.1) is 0 Å². The Labute approximate surface area is 145 Å². The van der Waals surface area contributed by atoms with Crippen molar-refractivity contribution in [1.29, 1.82) is 0 Å². The first-order valence-electron chi connectivity index (χ1n) is 7.93. The first-order chi connectivity index (χ1) is 12.0. The van der Waals surface area contributed by atoms with Gasteiger partial charge >= 0.3 is 5.97 Å². The van der Waals surface area contributed by atoms with Crippen molar-refractivity contribution in [1.82, 2.24) is 4.98 Å². The van der Waals surface area contributed by atoms with E-state index in [2.05, 4.69) is 4.98 Å². The van der Waals surface area contributed by atoms with Crippen LogP contribution in [0.2, 0.25) is 0 Å². The summed E-state index contributed by atoms with van der Waals surface area (Å²) in [6.07, 6.45) is 0. The van der Waals surface area contributed by atoms with Gasteiger partial charge in [-0.05, 0) is 32.0 Å². The van der Waals surface area contributed by atoms with Crippen LogP contribution in [0.3, 0.4) is 0 Å². The van der Waals surface area contributed by atoms with Gasteiger partial charge in [0.2, 0.25) is 5.78 Å². The SMILES string of the molecule is COc1ccc(C)cc1C(=O)OCC(=O)c1c(C)[nH]c2ccccc12. The van der Waals surface area contributed by atoms with Crippen LogP contribution in [0.4, 0.5) is 0 Å². The topological polar surface area (TPSA) is 68.4 Å². The number of aromatic nitrogens is 1. The maximum absolute atomic E-state index is 12.6. The third kappa shape index (κ3) is 3.26. The summed E-state index contributed by atoms with van der Waals surface area (Å²) in [5.41, 5.74) is 3.42. The minimum Gasteiger partial charge on any atom is -0.496 e. The number of esters is 1. The number of benzene rings is 2. The van der Waals surface area contributed by atoms with Gasteiger partial charge in [-0.25, -0.2) is 4.79 Å². The summed E-state index contributed by atoms with van der Waals surface area (Å²) in [6, 6.07) is 12.8. The van der Waals surface area contributed by atoms with Crippen molar-refractivity contribution < 1.29 is 19.1 Å². The minimum absolute atomic E-state index is 0.241. The number of aromatic amines is 1. The molecule has 0 aliphatic carbocycles. The van der Waals surface area contributed by atoms with Crippen LogP contribution in [0, 0.1) is 13.8 Å². The Balaban J connectivity index is 1.79. The predicted molar refractivity (Wildman–Crippen MR) is 95.4 cm³/mol. The Morgan fingerprint density at radius 1 is 1.08 bits per heavy atom. The molecule has 0 aliphatic heterocycles. The molecule has 1 aromatic heterocycles. The molecule has 1 heterocycles. The highest BCUT2D eigenvalue weighted by Crippen LogP contribution is 2.23. The molecule has 0 atom stereocenters. The molecule has 128 valence electrons. The van der Waals surface area contributed by atoms with E-state index in [0.717, 1.165) is 22.2 Å². The largest absolute Gasteiger partial charge is 0.496 e. The van der Waals surface area contributed by atoms with E-state index in [0.29, 0.717) is 16.9 Å². The molecule has 0 radical (unpaired) electrons. The van der Waals surface area contributed by atoms with E-state index in [1.165, 1.54) is 7.11 Å². The van der Waals surface area contributed by atoms with E-state index in [1.807, 2.05) is 44.2 Å². The van der Waals surface area contributed by atoms with Gasteiger partial charge in [0, 0.05) is 22.2 Å². The molecular formula is C20H19NO4. The summed E-state index contributed by atoms with van der Waals surface area (Å²) in [6.45, 7) is 3.38. The molecule has 0 saturated heterocycles. The van der Waals surface area contributed by atoms with Crippen LogP contribution in [0.25, 0.3) is 10.9 Å². The molecule has 3 aromatic rings. The van der Waals surface area contributed by atoms with E-state index in [9.17, 15) is 9.59 Å². The van der Waals surface area contributed by atoms with Crippen molar-refractivity contribution in [2.75, 3.05) is 13.7 Å². The van der Waals surface area contributed by atoms with E-state index in [4.69, 9.17) is 9.47 Å². The monoisotopic (exact) mass is 337 g/mol. The maximum Gasteiger partial charge on any atom is 0.342 e. The highest BCUT2D eigenvalue weighted by Gasteiger charge is 2.19. The van der Waals surface area contributed by atoms with Crippen molar-refractivity contribution in [3.8, 4) is 5.75 Å². The number of nitrogens with one attached hydrogen (secondary N) is 1. The van der Waals surface area contributed by atoms with Gasteiger partial charge in [0.25, 0.3) is 0 Å². The highest BCUT2D eigenvalue weighted by molar-refractivity contribution is 6.10. The molecule has 0 aliphatic rings. The molecule has 1 N–H and O–H groups in total. The molecular weight excluding hydrogens is 318 g/mol. The summed E-state index contributed by atoms with van der Waals surface area (Å²) < 4.78 is 10.4. The van der Waals surface area contributed by atoms with E-state index in [-0.39, 0.29) is 12.4 Å². The van der Waals surface area contributed by atoms with Crippen LogP contribution in [-0.2, 0) is 4.74 Å². The summed E-state index contributed by atoms with van der Waals surface area (Å²) >= 11 is 0. The summed E-state index contributed by atoms with van der Waals surface area (Å²) in [5.74, 6) is -0.396. The molecule has 0 saturated carbocycles. The quantitative estimate of drug-likeness (QED) is 0.567. The second-order valence-electron chi connectivity index (χ2n) is 5.87. The first-order valence-corrected chi connectivity index (χ1v) is 7.93. The number of carbonyl (C=O) groups is 2. The van der Waals surface area contributed by atoms with Gasteiger partial charge in [0.1, 0.15) is 11.3 Å². The van der Waals surface area contributed by atoms with Crippen molar-refractivity contribution in [3.05, 3.63) is 64.8 Å². The van der Waals surface area contributed by atoms with E-state index >= 15 is 0 Å². The molecule has 25 heavy (non-hydrogen) atoms. The Hall–Kier alpha value is -3.08.